The highest BCUT2D eigenvalue weighted by molar-refractivity contribution is 7.10. The molecule has 0 fully saturated rings. The van der Waals surface area contributed by atoms with Gasteiger partial charge in [-0.2, -0.15) is 0 Å². The molecule has 0 aliphatic heterocycles. The van der Waals surface area contributed by atoms with Crippen molar-refractivity contribution in [1.82, 2.24) is 84.7 Å². The molecule has 0 unspecified atom stereocenters. The third kappa shape index (κ3) is 33.7. The first-order valence-corrected chi connectivity index (χ1v) is 46.3. The van der Waals surface area contributed by atoms with Crippen LogP contribution in [-0.2, 0) is 38.5 Å². The van der Waals surface area contributed by atoms with Crippen molar-refractivity contribution >= 4 is 104 Å². The molecule has 0 amide bonds. The average Bonchev–Trinajstić information content (AvgIpc) is 0.991. The molecule has 0 saturated heterocycles. The molecule has 0 aliphatic rings. The molecule has 144 heavy (non-hydrogen) atoms. The van der Waals surface area contributed by atoms with Crippen LogP contribution in [0.2, 0.25) is 15.1 Å². The van der Waals surface area contributed by atoms with E-state index in [1.54, 1.807) is 115 Å². The normalized spacial score (nSPS) is 10.5. The Bertz CT molecular complexity index is 7300. The maximum Gasteiger partial charge on any atom is 0.213 e. The minimum atomic E-state index is -0.544. The van der Waals surface area contributed by atoms with Crippen LogP contribution in [0.1, 0.15) is 123 Å². The lowest BCUT2D eigenvalue weighted by Gasteiger charge is -2.19. The summed E-state index contributed by atoms with van der Waals surface area (Å²) in [6.45, 7) is 9.53. The van der Waals surface area contributed by atoms with Crippen molar-refractivity contribution in [3.8, 4) is 63.4 Å². The van der Waals surface area contributed by atoms with Crippen LogP contribution in [0.15, 0.2) is 311 Å². The van der Waals surface area contributed by atoms with Gasteiger partial charge in [-0.25, -0.2) is 78.0 Å². The molecule has 0 aliphatic carbocycles. The number of Topliss-reactive ketones (excluding diaryl/α,β-unsaturated/α-hetero) is 6. The van der Waals surface area contributed by atoms with Gasteiger partial charge in [0.05, 0.1) is 131 Å². The third-order valence-electron chi connectivity index (χ3n) is 19.6. The first-order chi connectivity index (χ1) is 69.5. The fraction of sp³-hybridized carbons (Fsp3) is 0.123. The minimum Gasteiger partial charge on any atom is -0.481 e. The van der Waals surface area contributed by atoms with Gasteiger partial charge in [0.1, 0.15) is 87.9 Å². The summed E-state index contributed by atoms with van der Waals surface area (Å²) in [6.07, 6.45) is 29.5. The maximum absolute atomic E-state index is 14.0. The molecule has 0 N–H and O–H groups in total. The number of ether oxygens (including phenoxy) is 6. The Labute approximate surface area is 846 Å². The van der Waals surface area contributed by atoms with Crippen molar-refractivity contribution in [2.45, 2.75) is 73.1 Å². The number of carbonyl (C=O) groups is 6. The van der Waals surface area contributed by atoms with Gasteiger partial charge in [-0.1, -0.05) is 53.0 Å². The molecule has 6 aromatic carbocycles. The quantitative estimate of drug-likeness (QED) is 0.0364. The van der Waals surface area contributed by atoms with Gasteiger partial charge in [0, 0.05) is 131 Å². The van der Waals surface area contributed by atoms with Gasteiger partial charge in [-0.3, -0.25) is 48.7 Å². The van der Waals surface area contributed by atoms with Crippen LogP contribution in [0.3, 0.4) is 0 Å². The minimum absolute atomic E-state index is 0.00552. The van der Waals surface area contributed by atoms with Crippen LogP contribution < -0.4 is 33.3 Å². The number of pyridine rings is 5. The number of benzene rings is 6. The first kappa shape index (κ1) is 104. The van der Waals surface area contributed by atoms with Crippen molar-refractivity contribution in [2.24, 2.45) is 0 Å². The molecular weight excluding hydrogens is 1940 g/mol. The molecule has 30 nitrogen and oxygen atoms in total. The van der Waals surface area contributed by atoms with E-state index >= 15 is 0 Å². The Hall–Kier alpha value is -17.0. The van der Waals surface area contributed by atoms with Gasteiger partial charge < -0.3 is 33.3 Å². The summed E-state index contributed by atoms with van der Waals surface area (Å²) in [7, 11) is 3.34. The third-order valence-corrected chi connectivity index (χ3v) is 22.2. The molecule has 12 aromatic heterocycles. The van der Waals surface area contributed by atoms with Crippen molar-refractivity contribution in [2.75, 3.05) is 19.1 Å². The van der Waals surface area contributed by atoms with Crippen LogP contribution in [0.25, 0.3) is 0 Å². The molecule has 18 rings (SSSR count). The van der Waals surface area contributed by atoms with E-state index in [9.17, 15) is 41.9 Å². The summed E-state index contributed by atoms with van der Waals surface area (Å²) in [5.41, 5.74) is 10.9. The highest BCUT2D eigenvalue weighted by Gasteiger charge is 2.21. The second kappa shape index (κ2) is 52.3. The second-order valence-electron chi connectivity index (χ2n) is 31.2. The Balaban J connectivity index is 0.000000145. The number of hydrogen-bond donors (Lipinski definition) is 0. The molecule has 0 spiro atoms. The topological polar surface area (TPSA) is 380 Å². The summed E-state index contributed by atoms with van der Waals surface area (Å²) < 4.78 is 74.1. The zero-order valence-corrected chi connectivity index (χ0v) is 81.6. The number of ketones is 6. The fourth-order valence-electron chi connectivity index (χ4n) is 13.1. The highest BCUT2D eigenvalue weighted by atomic mass is 35.5. The molecule has 12 heterocycles. The molecule has 38 heteroatoms. The Morgan fingerprint density at radius 1 is 0.306 bits per heavy atom. The SMILES string of the molecule is COc1cccc(CC(=O)c2cc(Cl)cc(Oc3cncnc3)c2)n1.Cc1cc(Oc2cncnc2)cc(C(=O)Cc2cccc(C)n2)c1.Cc1ccc(CC(=O)c2cc(Cl)cc(Oc3cncnc3)c2)nc1.Cc1csc(CC(=O)c2cc(F)cc(N(C)c3cccnc3)c2)n1.Cc1csc(CC(=O)c2cc(F)cc(Oc3cncnc3)c2)n1.O=C(Cc1cc(F)ccn1)c1cc(Cl)cc(Oc2cncnc2)c1. The summed E-state index contributed by atoms with van der Waals surface area (Å²) in [4.78, 5) is 145. The number of hydrogen-bond acceptors (Lipinski definition) is 32. The summed E-state index contributed by atoms with van der Waals surface area (Å²) in [5.74, 6) is 2.55. The van der Waals surface area contributed by atoms with Gasteiger partial charge in [-0.15, -0.1) is 22.7 Å². The predicted molar refractivity (Wildman–Crippen MR) is 536 cm³/mol. The number of methoxy groups -OCH3 is 1. The van der Waals surface area contributed by atoms with Crippen molar-refractivity contribution < 1.29 is 70.4 Å². The molecule has 18 aromatic rings. The number of halogens is 6. The smallest absolute Gasteiger partial charge is 0.213 e. The average molecular weight is 2030 g/mol. The number of anilines is 2. The largest absolute Gasteiger partial charge is 0.481 e. The van der Waals surface area contributed by atoms with Gasteiger partial charge in [0.2, 0.25) is 5.88 Å². The van der Waals surface area contributed by atoms with Crippen molar-refractivity contribution in [3.05, 3.63) is 438 Å². The number of nitrogens with zero attached hydrogens (tertiary/aromatic N) is 18. The van der Waals surface area contributed by atoms with E-state index in [1.165, 1.54) is 166 Å². The summed E-state index contributed by atoms with van der Waals surface area (Å²) >= 11 is 21.1. The fourth-order valence-corrected chi connectivity index (χ4v) is 15.3. The molecule has 724 valence electrons. The van der Waals surface area contributed by atoms with Crippen LogP contribution in [0.4, 0.5) is 24.5 Å². The van der Waals surface area contributed by atoms with E-state index in [-0.39, 0.29) is 84.5 Å². The molecular formula is C106H84Cl3F3N18O12S2. The molecule has 0 radical (unpaired) electrons. The van der Waals surface area contributed by atoms with Crippen molar-refractivity contribution in [1.29, 1.82) is 0 Å². The zero-order valence-electron chi connectivity index (χ0n) is 77.7. The van der Waals surface area contributed by atoms with Crippen LogP contribution in [0.5, 0.6) is 63.4 Å². The second-order valence-corrected chi connectivity index (χ2v) is 34.4. The van der Waals surface area contributed by atoms with E-state index in [0.29, 0.717) is 128 Å². The van der Waals surface area contributed by atoms with Crippen molar-refractivity contribution in [3.63, 3.8) is 0 Å². The van der Waals surface area contributed by atoms with Gasteiger partial charge >= 0.3 is 0 Å². The molecule has 0 saturated carbocycles. The number of thiazole rings is 2. The first-order valence-electron chi connectivity index (χ1n) is 43.4. The van der Waals surface area contributed by atoms with E-state index in [1.807, 2.05) is 107 Å². The summed E-state index contributed by atoms with van der Waals surface area (Å²) in [6, 6.07) is 49.0. The van der Waals surface area contributed by atoms with Crippen LogP contribution in [-0.4, -0.2) is 134 Å². The Kier molecular flexibility index (Phi) is 37.9. The van der Waals surface area contributed by atoms with E-state index in [0.717, 1.165) is 44.6 Å². The zero-order chi connectivity index (χ0) is 102. The lowest BCUT2D eigenvalue weighted by Crippen LogP contribution is -2.12. The van der Waals surface area contributed by atoms with E-state index < -0.39 is 17.5 Å². The Morgan fingerprint density at radius 3 is 1.11 bits per heavy atom. The lowest BCUT2D eigenvalue weighted by molar-refractivity contribution is 0.0983. The molecule has 0 atom stereocenters. The standard InChI is InChI=1S/C19H17N3O2.C18H14ClN3O3.C18H14ClN3O2.C18H16FN3OS.C17H11ClFN3O2.C16H12FN3O2S/c1-13-6-15(19(23)9-16-5-3-4-14(2)22-16)8-17(7-13)24-18-10-20-12-21-11-18;1-24-18-4-2-3-14(22-18)8-17(23)12-5-13(19)7-15(6-12)25-16-9-20-11-21-10-16;1-12-2-3-15(22-8-12)7-18(23)13-4-14(19)6-16(5-13)24-17-9-20-11-21-10-17;1-12-11-24-18(21-12)9-17(23)13-6-14(19)8-16(7-13)22(2)15-4-3-5-20-10-15;18-12-3-11(17(23)7-14-6-13(19)1-2-22-14)4-15(5-12)24-16-8-20-10-21-9-16;1-10-8-23-16(20-10)5-15(21)11-2-12(17)4-13(3-11)22-14-6-18-9-19-7-14/h3-8,10-12H,9H2,1-2H3;2-7,9-11H,8H2,1H3;2-6,8-11H,7H2,1H3;3-8,10-11H,9H2,1-2H3;1-6,8-10H,7H2;2-4,6-9H,5H2,1H3. The van der Waals surface area contributed by atoms with E-state index in [4.69, 9.17) is 63.2 Å². The Morgan fingerprint density at radius 2 is 0.701 bits per heavy atom. The van der Waals surface area contributed by atoms with Crippen LogP contribution >= 0.6 is 57.5 Å². The van der Waals surface area contributed by atoms with E-state index in [2.05, 4.69) is 84.7 Å². The maximum atomic E-state index is 14.0. The van der Waals surface area contributed by atoms with Crippen LogP contribution in [0, 0.1) is 52.1 Å². The summed E-state index contributed by atoms with van der Waals surface area (Å²) in [5, 5.41) is 6.38. The monoisotopic (exact) mass is 2030 g/mol. The number of rotatable bonds is 31. The number of aryl methyl sites for hydroxylation is 5. The van der Waals surface area contributed by atoms with Gasteiger partial charge in [0.15, 0.2) is 63.4 Å². The highest BCUT2D eigenvalue weighted by Crippen LogP contribution is 2.34. The number of aromatic nitrogens is 17. The lowest BCUT2D eigenvalue weighted by atomic mass is 10.0. The predicted octanol–water partition coefficient (Wildman–Crippen LogP) is 23.2. The molecule has 0 bridgehead atoms. The van der Waals surface area contributed by atoms with Gasteiger partial charge in [-0.05, 0) is 197 Å². The number of carbonyl (C=O) groups excluding carboxylic acids is 6. The van der Waals surface area contributed by atoms with Gasteiger partial charge in [0.25, 0.3) is 0 Å².